The molecule has 0 atom stereocenters. The molecule has 0 saturated carbocycles. The van der Waals surface area contributed by atoms with E-state index in [2.05, 4.69) is 15.6 Å². The smallest absolute Gasteiger partial charge is 0.136 e. The lowest BCUT2D eigenvalue weighted by atomic mass is 10.3. The van der Waals surface area contributed by atoms with E-state index >= 15 is 0 Å². The minimum atomic E-state index is 0.664. The van der Waals surface area contributed by atoms with E-state index in [9.17, 15) is 0 Å². The SMILES string of the molecule is NCCc1cccn1-c1ccccn1. The molecular weight excluding hydrogens is 174 g/mol. The van der Waals surface area contributed by atoms with Gasteiger partial charge in [-0.3, -0.25) is 0 Å². The van der Waals surface area contributed by atoms with Gasteiger partial charge >= 0.3 is 0 Å². The molecule has 0 unspecified atom stereocenters. The van der Waals surface area contributed by atoms with E-state index < -0.39 is 0 Å². The first-order chi connectivity index (χ1) is 6.92. The minimum absolute atomic E-state index is 0.664. The van der Waals surface area contributed by atoms with Crippen LogP contribution in [0, 0.1) is 0 Å². The van der Waals surface area contributed by atoms with Gasteiger partial charge in [-0.1, -0.05) is 6.07 Å². The molecule has 0 amide bonds. The van der Waals surface area contributed by atoms with Crippen LogP contribution in [0.25, 0.3) is 5.82 Å². The van der Waals surface area contributed by atoms with E-state index in [0.717, 1.165) is 12.2 Å². The molecule has 72 valence electrons. The van der Waals surface area contributed by atoms with Crippen molar-refractivity contribution < 1.29 is 0 Å². The zero-order chi connectivity index (χ0) is 9.80. The Hall–Kier alpha value is -1.61. The molecule has 2 heterocycles. The molecule has 3 heteroatoms. The first-order valence-corrected chi connectivity index (χ1v) is 4.69. The van der Waals surface area contributed by atoms with Gasteiger partial charge in [0.05, 0.1) is 0 Å². The van der Waals surface area contributed by atoms with Gasteiger partial charge in [0.2, 0.25) is 0 Å². The lowest BCUT2D eigenvalue weighted by Gasteiger charge is -2.06. The van der Waals surface area contributed by atoms with E-state index in [-0.39, 0.29) is 0 Å². The van der Waals surface area contributed by atoms with Crippen molar-refractivity contribution in [2.45, 2.75) is 6.42 Å². The molecule has 0 saturated heterocycles. The van der Waals surface area contributed by atoms with Crippen LogP contribution < -0.4 is 5.73 Å². The standard InChI is InChI=1S/C11H13N3/c12-7-6-10-4-3-9-14(10)11-5-1-2-8-13-11/h1-5,8-9H,6-7,12H2. The van der Waals surface area contributed by atoms with Gasteiger partial charge in [0.15, 0.2) is 0 Å². The molecule has 2 rings (SSSR count). The molecule has 0 spiro atoms. The highest BCUT2D eigenvalue weighted by Gasteiger charge is 2.01. The van der Waals surface area contributed by atoms with E-state index in [1.807, 2.05) is 30.5 Å². The lowest BCUT2D eigenvalue weighted by Crippen LogP contribution is -2.07. The Labute approximate surface area is 83.2 Å². The van der Waals surface area contributed by atoms with Crippen LogP contribution in [0.2, 0.25) is 0 Å². The van der Waals surface area contributed by atoms with E-state index in [1.54, 1.807) is 6.20 Å². The van der Waals surface area contributed by atoms with Crippen molar-refractivity contribution in [2.24, 2.45) is 5.73 Å². The van der Waals surface area contributed by atoms with Crippen molar-refractivity contribution in [3.63, 3.8) is 0 Å². The summed E-state index contributed by atoms with van der Waals surface area (Å²) in [5, 5.41) is 0. The average molecular weight is 187 g/mol. The van der Waals surface area contributed by atoms with Crippen LogP contribution in [0.5, 0.6) is 0 Å². The van der Waals surface area contributed by atoms with Crippen LogP contribution >= 0.6 is 0 Å². The summed E-state index contributed by atoms with van der Waals surface area (Å²) in [4.78, 5) is 4.29. The molecule has 0 aliphatic rings. The van der Waals surface area contributed by atoms with Crippen molar-refractivity contribution in [1.29, 1.82) is 0 Å². The Kier molecular flexibility index (Phi) is 2.60. The fraction of sp³-hybridized carbons (Fsp3) is 0.182. The van der Waals surface area contributed by atoms with Crippen molar-refractivity contribution in [3.05, 3.63) is 48.4 Å². The topological polar surface area (TPSA) is 43.8 Å². The predicted octanol–water partition coefficient (Wildman–Crippen LogP) is 1.37. The predicted molar refractivity (Wildman–Crippen MR) is 56.3 cm³/mol. The quantitative estimate of drug-likeness (QED) is 0.788. The molecule has 2 aromatic heterocycles. The number of hydrogen-bond acceptors (Lipinski definition) is 2. The van der Waals surface area contributed by atoms with Gasteiger partial charge in [-0.05, 0) is 30.8 Å². The molecule has 0 aliphatic heterocycles. The van der Waals surface area contributed by atoms with Crippen molar-refractivity contribution in [2.75, 3.05) is 6.54 Å². The highest BCUT2D eigenvalue weighted by Crippen LogP contribution is 2.09. The van der Waals surface area contributed by atoms with Crippen LogP contribution in [0.4, 0.5) is 0 Å². The van der Waals surface area contributed by atoms with Crippen molar-refractivity contribution >= 4 is 0 Å². The monoisotopic (exact) mass is 187 g/mol. The van der Waals surface area contributed by atoms with E-state index in [0.29, 0.717) is 6.54 Å². The van der Waals surface area contributed by atoms with Crippen LogP contribution in [0.15, 0.2) is 42.7 Å². The third-order valence-corrected chi connectivity index (χ3v) is 2.13. The summed E-state index contributed by atoms with van der Waals surface area (Å²) in [5.74, 6) is 0.945. The Morgan fingerprint density at radius 1 is 1.21 bits per heavy atom. The average Bonchev–Trinajstić information content (AvgIpc) is 2.68. The summed E-state index contributed by atoms with van der Waals surface area (Å²) in [5.41, 5.74) is 6.73. The van der Waals surface area contributed by atoms with Gasteiger partial charge in [-0.2, -0.15) is 0 Å². The van der Waals surface area contributed by atoms with Crippen molar-refractivity contribution in [1.82, 2.24) is 9.55 Å². The summed E-state index contributed by atoms with van der Waals surface area (Å²) < 4.78 is 2.06. The zero-order valence-corrected chi connectivity index (χ0v) is 7.93. The number of nitrogens with zero attached hydrogens (tertiary/aromatic N) is 2. The molecule has 2 aromatic rings. The molecule has 2 N–H and O–H groups in total. The van der Waals surface area contributed by atoms with Gasteiger partial charge in [0.25, 0.3) is 0 Å². The van der Waals surface area contributed by atoms with Gasteiger partial charge in [0, 0.05) is 24.5 Å². The molecule has 0 aromatic carbocycles. The lowest BCUT2D eigenvalue weighted by molar-refractivity contribution is 0.857. The van der Waals surface area contributed by atoms with Crippen LogP contribution in [0.1, 0.15) is 5.69 Å². The number of nitrogens with two attached hydrogens (primary N) is 1. The number of pyridine rings is 1. The molecule has 0 fully saturated rings. The Bertz CT molecular complexity index is 392. The van der Waals surface area contributed by atoms with Gasteiger partial charge < -0.3 is 10.3 Å². The molecule has 14 heavy (non-hydrogen) atoms. The fourth-order valence-corrected chi connectivity index (χ4v) is 1.49. The van der Waals surface area contributed by atoms with Crippen LogP contribution in [-0.4, -0.2) is 16.1 Å². The Morgan fingerprint density at radius 2 is 2.14 bits per heavy atom. The second kappa shape index (κ2) is 4.07. The summed E-state index contributed by atoms with van der Waals surface area (Å²) in [6.45, 7) is 0.664. The third kappa shape index (κ3) is 1.67. The van der Waals surface area contributed by atoms with Crippen molar-refractivity contribution in [3.8, 4) is 5.82 Å². The summed E-state index contributed by atoms with van der Waals surface area (Å²) in [7, 11) is 0. The normalized spacial score (nSPS) is 10.4. The largest absolute Gasteiger partial charge is 0.330 e. The number of aromatic nitrogens is 2. The third-order valence-electron chi connectivity index (χ3n) is 2.13. The molecule has 0 aliphatic carbocycles. The summed E-state index contributed by atoms with van der Waals surface area (Å²) in [6.07, 6.45) is 4.68. The maximum atomic E-state index is 5.53. The first kappa shape index (κ1) is 8.97. The zero-order valence-electron chi connectivity index (χ0n) is 7.93. The summed E-state index contributed by atoms with van der Waals surface area (Å²) >= 11 is 0. The Balaban J connectivity index is 2.37. The van der Waals surface area contributed by atoms with Crippen LogP contribution in [0.3, 0.4) is 0 Å². The second-order valence-electron chi connectivity index (χ2n) is 3.10. The molecule has 0 bridgehead atoms. The van der Waals surface area contributed by atoms with E-state index in [4.69, 9.17) is 5.73 Å². The highest BCUT2D eigenvalue weighted by atomic mass is 15.1. The minimum Gasteiger partial charge on any atom is -0.330 e. The highest BCUT2D eigenvalue weighted by molar-refractivity contribution is 5.27. The summed E-state index contributed by atoms with van der Waals surface area (Å²) in [6, 6.07) is 9.96. The molecule has 0 radical (unpaired) electrons. The number of rotatable bonds is 3. The maximum absolute atomic E-state index is 5.53. The maximum Gasteiger partial charge on any atom is 0.136 e. The second-order valence-corrected chi connectivity index (χ2v) is 3.10. The van der Waals surface area contributed by atoms with Gasteiger partial charge in [-0.25, -0.2) is 4.98 Å². The fourth-order valence-electron chi connectivity index (χ4n) is 1.49. The molecule has 3 nitrogen and oxygen atoms in total. The van der Waals surface area contributed by atoms with Gasteiger partial charge in [-0.15, -0.1) is 0 Å². The first-order valence-electron chi connectivity index (χ1n) is 4.69. The van der Waals surface area contributed by atoms with Gasteiger partial charge in [0.1, 0.15) is 5.82 Å². The number of hydrogen-bond donors (Lipinski definition) is 1. The van der Waals surface area contributed by atoms with Crippen LogP contribution in [-0.2, 0) is 6.42 Å². The molecular formula is C11H13N3. The Morgan fingerprint density at radius 3 is 2.86 bits per heavy atom. The van der Waals surface area contributed by atoms with E-state index in [1.165, 1.54) is 5.69 Å².